The van der Waals surface area contributed by atoms with Gasteiger partial charge in [0.05, 0.1) is 41.5 Å². The minimum atomic E-state index is -0.582. The normalized spacial score (nSPS) is 13.8. The minimum absolute atomic E-state index is 0. The van der Waals surface area contributed by atoms with Crippen LogP contribution in [0.1, 0.15) is 46.0 Å². The van der Waals surface area contributed by atoms with Crippen molar-refractivity contribution < 1.29 is 44.1 Å². The molecule has 1 unspecified atom stereocenters. The Bertz CT molecular complexity index is 4980. The SMILES string of the molecule is [2H]c1c([2H])c([2H])c(-c2cccc(-c3c([2H])c([2H])c([2H])c([2H])c3[2H])c2-[n+]2[c-]n(-c3[c-]c(Oc4[c-]c5c(cc4)c4cc(-n6c7ccccc7c7ccccc76)ccc4n5-c4cc(C(C)C(C)C)ccn4)ccc3)c3ccc(-c4ccccc4)cc32)c([2H])c1[2H].[Pt]. The van der Waals surface area contributed by atoms with Gasteiger partial charge in [-0.25, -0.2) is 4.98 Å². The summed E-state index contributed by atoms with van der Waals surface area (Å²) in [5.41, 5.74) is 9.45. The molecule has 0 N–H and O–H groups in total. The molecule has 0 aliphatic heterocycles. The average Bonchev–Trinajstić information content (AvgIpc) is 1.55. The number of fused-ring (bicyclic) bond motifs is 7. The van der Waals surface area contributed by atoms with E-state index in [4.69, 9.17) is 17.9 Å². The summed E-state index contributed by atoms with van der Waals surface area (Å²) in [5.74, 6) is 2.16. The van der Waals surface area contributed by atoms with Crippen LogP contribution in [0, 0.1) is 24.4 Å². The van der Waals surface area contributed by atoms with Gasteiger partial charge in [-0.15, -0.1) is 29.7 Å². The van der Waals surface area contributed by atoms with Crippen LogP contribution in [0.2, 0.25) is 0 Å². The molecule has 0 amide bonds. The fourth-order valence-corrected chi connectivity index (χ4v) is 10.7. The van der Waals surface area contributed by atoms with Crippen molar-refractivity contribution in [2.75, 3.05) is 0 Å². The third-order valence-corrected chi connectivity index (χ3v) is 14.8. The molecular formula is C71H51N5OPt-2. The maximum Gasteiger partial charge on any atom is 0.268 e. The Morgan fingerprint density at radius 2 is 1.15 bits per heavy atom. The molecule has 6 nitrogen and oxygen atoms in total. The zero-order valence-electron chi connectivity index (χ0n) is 52.4. The van der Waals surface area contributed by atoms with E-state index in [9.17, 15) is 5.48 Å². The molecule has 0 aliphatic rings. The smallest absolute Gasteiger partial charge is 0.268 e. The third-order valence-electron chi connectivity index (χ3n) is 14.8. The van der Waals surface area contributed by atoms with E-state index >= 15 is 0 Å². The zero-order chi connectivity index (χ0) is 60.3. The number of hydrogen-bond donors (Lipinski definition) is 0. The first kappa shape index (κ1) is 38.5. The standard InChI is InChI=1S/C71H51N5O.Pt/c1-47(2)48(3)52-39-40-72-70(42-52)76-66-38-34-55(75-64-31-15-13-27-60(64)61-28-14-16-32-65(61)75)44-63(66)62-36-35-57(45-68(62)76)77-56-26-17-25-54(43-56)73-46-74(69-41-53(33-37-67(69)73)49-19-7-4-8-20-49)71-58(50-21-9-5-10-22-50)29-18-30-59(71)51-23-11-6-12-24-51;/h4-42,44,47-48H,1-3H3;/q-2;/i5D,6D,9D,10D,11D,12D,21D,22D,23D,24D;. The number of hydrogen-bond acceptors (Lipinski definition) is 2. The molecule has 4 heterocycles. The van der Waals surface area contributed by atoms with Crippen LogP contribution < -0.4 is 9.30 Å². The minimum Gasteiger partial charge on any atom is -0.510 e. The van der Waals surface area contributed by atoms with Crippen molar-refractivity contribution in [3.63, 3.8) is 0 Å². The predicted molar refractivity (Wildman–Crippen MR) is 314 cm³/mol. The molecule has 0 fully saturated rings. The Labute approximate surface area is 482 Å². The van der Waals surface area contributed by atoms with E-state index in [1.165, 1.54) is 16.3 Å². The number of para-hydroxylation sites is 3. The van der Waals surface area contributed by atoms with Crippen molar-refractivity contribution in [3.05, 3.63) is 267 Å². The van der Waals surface area contributed by atoms with Crippen LogP contribution in [0.3, 0.4) is 0 Å². The molecule has 0 bridgehead atoms. The first-order chi connectivity index (χ1) is 42.1. The molecule has 10 aromatic carbocycles. The monoisotopic (exact) mass is 1190 g/mol. The van der Waals surface area contributed by atoms with E-state index < -0.39 is 60.4 Å². The molecule has 7 heteroatoms. The van der Waals surface area contributed by atoms with Gasteiger partial charge in [-0.05, 0) is 110 Å². The van der Waals surface area contributed by atoms with Gasteiger partial charge in [0, 0.05) is 60.7 Å². The van der Waals surface area contributed by atoms with Gasteiger partial charge >= 0.3 is 0 Å². The zero-order valence-corrected chi connectivity index (χ0v) is 44.7. The molecule has 0 aliphatic carbocycles. The van der Waals surface area contributed by atoms with Crippen molar-refractivity contribution in [2.45, 2.75) is 26.7 Å². The summed E-state index contributed by atoms with van der Waals surface area (Å²) in [7, 11) is 0. The number of ether oxygens (including phenoxy) is 1. The summed E-state index contributed by atoms with van der Waals surface area (Å²) >= 11 is 0. The summed E-state index contributed by atoms with van der Waals surface area (Å²) in [5, 5.41) is 4.29. The van der Waals surface area contributed by atoms with Crippen molar-refractivity contribution in [1.82, 2.24) is 18.7 Å². The van der Waals surface area contributed by atoms with Gasteiger partial charge in [-0.2, -0.15) is 18.2 Å². The van der Waals surface area contributed by atoms with Gasteiger partial charge in [0.2, 0.25) is 0 Å². The van der Waals surface area contributed by atoms with Crippen molar-refractivity contribution in [1.29, 1.82) is 0 Å². The van der Waals surface area contributed by atoms with Gasteiger partial charge in [0.1, 0.15) is 5.82 Å². The molecule has 14 aromatic rings. The van der Waals surface area contributed by atoms with E-state index in [1.54, 1.807) is 33.4 Å². The summed E-state index contributed by atoms with van der Waals surface area (Å²) in [4.78, 5) is 4.99. The second kappa shape index (κ2) is 20.1. The first-order valence-corrected chi connectivity index (χ1v) is 25.6. The molecule has 378 valence electrons. The molecule has 0 saturated carbocycles. The maximum atomic E-state index is 9.22. The molecule has 4 aromatic heterocycles. The number of pyridine rings is 1. The summed E-state index contributed by atoms with van der Waals surface area (Å²) in [6, 6.07) is 59.2. The number of benzene rings is 10. The van der Waals surface area contributed by atoms with Crippen molar-refractivity contribution in [3.8, 4) is 67.8 Å². The number of rotatable bonds is 11. The average molecular weight is 1200 g/mol. The molecule has 78 heavy (non-hydrogen) atoms. The Balaban J connectivity index is 0.00000714. The summed E-state index contributed by atoms with van der Waals surface area (Å²) < 4.78 is 103. The van der Waals surface area contributed by atoms with E-state index in [1.807, 2.05) is 72.9 Å². The fourth-order valence-electron chi connectivity index (χ4n) is 10.7. The number of nitrogens with zero attached hydrogens (tertiary/aromatic N) is 5. The maximum absolute atomic E-state index is 9.22. The number of imidazole rings is 1. The summed E-state index contributed by atoms with van der Waals surface area (Å²) in [6.45, 7) is 6.68. The van der Waals surface area contributed by atoms with Gasteiger partial charge in [0.25, 0.3) is 6.33 Å². The summed E-state index contributed by atoms with van der Waals surface area (Å²) in [6.07, 6.45) is 5.38. The van der Waals surface area contributed by atoms with E-state index in [0.29, 0.717) is 34.1 Å². The third kappa shape index (κ3) is 8.41. The van der Waals surface area contributed by atoms with Crippen LogP contribution in [0.4, 0.5) is 0 Å². The second-order valence-corrected chi connectivity index (χ2v) is 19.5. The molecule has 0 spiro atoms. The van der Waals surface area contributed by atoms with Crippen molar-refractivity contribution in [2.24, 2.45) is 5.92 Å². The largest absolute Gasteiger partial charge is 0.510 e. The van der Waals surface area contributed by atoms with Crippen LogP contribution in [0.25, 0.3) is 111 Å². The van der Waals surface area contributed by atoms with Crippen LogP contribution in [0.5, 0.6) is 11.5 Å². The van der Waals surface area contributed by atoms with Crippen LogP contribution in [-0.2, 0) is 21.1 Å². The quantitative estimate of drug-likeness (QED) is 0.0956. The van der Waals surface area contributed by atoms with Crippen LogP contribution >= 0.6 is 0 Å². The first-order valence-electron chi connectivity index (χ1n) is 30.6. The molecule has 1 atom stereocenters. The molecule has 14 rings (SSSR count). The van der Waals surface area contributed by atoms with Crippen molar-refractivity contribution >= 4 is 54.6 Å². The second-order valence-electron chi connectivity index (χ2n) is 19.5. The predicted octanol–water partition coefficient (Wildman–Crippen LogP) is 17.4. The van der Waals surface area contributed by atoms with E-state index in [2.05, 4.69) is 133 Å². The van der Waals surface area contributed by atoms with Gasteiger partial charge in [-0.3, -0.25) is 4.57 Å². The van der Waals surface area contributed by atoms with Gasteiger partial charge < -0.3 is 18.4 Å². The Kier molecular flexibility index (Phi) is 9.92. The topological polar surface area (TPSA) is 40.8 Å². The molecule has 0 radical (unpaired) electrons. The van der Waals surface area contributed by atoms with Gasteiger partial charge in [-0.1, -0.05) is 184 Å². The Hall–Kier alpha value is -9.09. The molecular weight excluding hydrogens is 1130 g/mol. The van der Waals surface area contributed by atoms with Crippen LogP contribution in [-0.4, -0.2) is 18.7 Å². The van der Waals surface area contributed by atoms with E-state index in [-0.39, 0.29) is 54.9 Å². The van der Waals surface area contributed by atoms with E-state index in [0.717, 1.165) is 55.5 Å². The fraction of sp³-hybridized carbons (Fsp3) is 0.0704. The number of aromatic nitrogens is 5. The Morgan fingerprint density at radius 1 is 0.513 bits per heavy atom. The van der Waals surface area contributed by atoms with Gasteiger partial charge in [0.15, 0.2) is 0 Å². The molecule has 0 saturated heterocycles. The Morgan fingerprint density at radius 3 is 1.86 bits per heavy atom. The van der Waals surface area contributed by atoms with Crippen LogP contribution in [0.15, 0.2) is 243 Å².